The average molecular weight is 1280 g/mol. The molecule has 0 radical (unpaired) electrons. The number of benzene rings is 7. The van der Waals surface area contributed by atoms with Gasteiger partial charge in [0.2, 0.25) is 5.69 Å². The van der Waals surface area contributed by atoms with Gasteiger partial charge in [-0.15, -0.1) is 0 Å². The van der Waals surface area contributed by atoms with E-state index < -0.39 is 28.8 Å². The van der Waals surface area contributed by atoms with E-state index in [9.17, 15) is 28.3 Å². The highest BCUT2D eigenvalue weighted by Crippen LogP contribution is 2.51. The van der Waals surface area contributed by atoms with Gasteiger partial charge in [0.1, 0.15) is 34.4 Å². The number of nitrogens with zero attached hydrogens (tertiary/aromatic N) is 2. The van der Waals surface area contributed by atoms with Gasteiger partial charge in [0.05, 0.1) is 46.9 Å². The van der Waals surface area contributed by atoms with Crippen molar-refractivity contribution >= 4 is 48.7 Å². The number of ether oxygens (including phenoxy) is 5. The van der Waals surface area contributed by atoms with Crippen molar-refractivity contribution in [3.63, 3.8) is 0 Å². The number of hydrogen-bond acceptors (Lipinski definition) is 12. The molecule has 1 aliphatic carbocycles. The second-order valence-electron chi connectivity index (χ2n) is 27.1. The predicted octanol–water partition coefficient (Wildman–Crippen LogP) is 16.8. The van der Waals surface area contributed by atoms with Crippen molar-refractivity contribution in [2.75, 3.05) is 19.0 Å². The zero-order valence-electron chi connectivity index (χ0n) is 55.4. The minimum atomic E-state index is -4.27. The van der Waals surface area contributed by atoms with Gasteiger partial charge >= 0.3 is 0 Å². The monoisotopic (exact) mass is 1280 g/mol. The minimum absolute atomic E-state index is 0.0258. The zero-order valence-corrected chi connectivity index (χ0v) is 56.2. The molecular formula is C79H92N2O11S. The van der Waals surface area contributed by atoms with Gasteiger partial charge in [-0.25, -0.2) is 8.42 Å². The van der Waals surface area contributed by atoms with Crippen LogP contribution in [0.3, 0.4) is 0 Å². The van der Waals surface area contributed by atoms with Crippen LogP contribution < -0.4 is 9.64 Å². The number of aryl methyl sites for hydroxylation is 1. The van der Waals surface area contributed by atoms with Gasteiger partial charge in [0.25, 0.3) is 0 Å². The average Bonchev–Trinajstić information content (AvgIpc) is 1.81. The Balaban J connectivity index is 0.000000729. The molecule has 0 aromatic heterocycles. The van der Waals surface area contributed by atoms with E-state index in [2.05, 4.69) is 160 Å². The lowest BCUT2D eigenvalue weighted by molar-refractivity contribution is -0.401. The molecule has 8 atom stereocenters. The van der Waals surface area contributed by atoms with E-state index in [-0.39, 0.29) is 52.0 Å². The third-order valence-corrected chi connectivity index (χ3v) is 20.3. The Morgan fingerprint density at radius 2 is 1.30 bits per heavy atom. The van der Waals surface area contributed by atoms with Crippen molar-refractivity contribution in [1.82, 2.24) is 0 Å². The first-order valence-electron chi connectivity index (χ1n) is 33.3. The summed E-state index contributed by atoms with van der Waals surface area (Å²) in [7, 11) is 0.119. The summed E-state index contributed by atoms with van der Waals surface area (Å²) in [5.74, 6) is 1.76. The molecular weight excluding hydrogens is 1180 g/mol. The van der Waals surface area contributed by atoms with Crippen molar-refractivity contribution in [1.29, 1.82) is 0 Å². The van der Waals surface area contributed by atoms with Crippen LogP contribution in [-0.2, 0) is 39.9 Å². The van der Waals surface area contributed by atoms with Crippen molar-refractivity contribution in [2.24, 2.45) is 0 Å². The van der Waals surface area contributed by atoms with Crippen molar-refractivity contribution in [3.8, 4) is 11.5 Å². The van der Waals surface area contributed by atoms with Gasteiger partial charge in [-0.05, 0) is 197 Å². The summed E-state index contributed by atoms with van der Waals surface area (Å²) in [6, 6.07) is 47.6. The maximum Gasteiger partial charge on any atom is 0.210 e. The molecule has 4 aliphatic heterocycles. The lowest BCUT2D eigenvalue weighted by Crippen LogP contribution is -2.36. The van der Waals surface area contributed by atoms with Crippen LogP contribution in [-0.4, -0.2) is 89.3 Å². The highest BCUT2D eigenvalue weighted by Gasteiger charge is 2.45. The van der Waals surface area contributed by atoms with Gasteiger partial charge in [0.15, 0.2) is 18.3 Å². The Labute approximate surface area is 550 Å². The number of fused-ring (bicyclic) bond motifs is 6. The number of aromatic hydroxyl groups is 1. The first-order chi connectivity index (χ1) is 44.5. The number of rotatable bonds is 19. The van der Waals surface area contributed by atoms with Crippen LogP contribution in [0.5, 0.6) is 11.5 Å². The van der Waals surface area contributed by atoms with Crippen LogP contribution in [0.25, 0.3) is 21.5 Å². The summed E-state index contributed by atoms with van der Waals surface area (Å²) >= 11 is 0. The van der Waals surface area contributed by atoms with Gasteiger partial charge < -0.3 is 48.5 Å². The Kier molecular flexibility index (Phi) is 20.8. The molecule has 12 rings (SSSR count). The molecule has 0 spiro atoms. The molecule has 0 bridgehead atoms. The second-order valence-corrected chi connectivity index (χ2v) is 28.5. The predicted molar refractivity (Wildman–Crippen MR) is 368 cm³/mol. The Hall–Kier alpha value is -7.24. The number of allylic oxidation sites excluding steroid dienone is 7. The molecule has 7 aromatic carbocycles. The van der Waals surface area contributed by atoms with Crippen molar-refractivity contribution in [2.45, 2.75) is 197 Å². The fourth-order valence-electron chi connectivity index (χ4n) is 14.6. The van der Waals surface area contributed by atoms with E-state index in [1.165, 1.54) is 67.6 Å². The maximum absolute atomic E-state index is 11.0. The smallest absolute Gasteiger partial charge is 0.210 e. The first-order valence-corrected chi connectivity index (χ1v) is 34.8. The van der Waals surface area contributed by atoms with Gasteiger partial charge in [-0.2, -0.15) is 4.58 Å². The molecule has 2 fully saturated rings. The van der Waals surface area contributed by atoms with E-state index >= 15 is 0 Å². The Morgan fingerprint density at radius 1 is 0.699 bits per heavy atom. The van der Waals surface area contributed by atoms with Crippen LogP contribution in [0.15, 0.2) is 197 Å². The molecule has 14 heteroatoms. The number of aliphatic hydroxyl groups is 2. The summed E-state index contributed by atoms with van der Waals surface area (Å²) < 4.78 is 67.6. The minimum Gasteiger partial charge on any atom is -0.744 e. The number of anilines is 1. The summed E-state index contributed by atoms with van der Waals surface area (Å²) in [5, 5.41) is 36.4. The van der Waals surface area contributed by atoms with E-state index in [1.54, 1.807) is 24.3 Å². The molecule has 7 aromatic rings. The normalized spacial score (nSPS) is 23.5. The second kappa shape index (κ2) is 28.8. The maximum atomic E-state index is 11.0. The standard InChI is InChI=1S/C72H84N2O8.C7H8O3S/c1-9-53(76)43-59-45-58(30-18-29-57-44-56(27-14-19-46(2)75)79-69(80-57)51-24-16-26-54(77)41-51)81-70(82-59)52-25-17-28-55(42-52)78-68-49(35-39-64-71(3,4)66-60-31-12-10-20-47(60)33-37-62(66)73(64)7)22-15-23-50(68)36-40-65-72(5,6)67-61-32-13-11-21-48(61)34-38-63(67)74(65)8;1-6-2-4-7(5-3-6)11(8,9)10/h10-13,16-17,20-21,24-26,28,31-42,46,53,56-59,69-70,75-76H,9,14-15,18-19,22-23,27,29-30,43-45H2,1-8H3;2-5H,1H3,(H,8,9,10)/t46-,53?,56?,57?,58?,59?,69?,70?;/m0./s1. The SMILES string of the molecule is CCC(O)CC1CC(CCCC2CC(CCC[C@H](C)O)OC(c3cccc(O)c3)O2)OC(c2cccc(OC3=C(/C=C/C4=[N+](C)c5ccc6ccccc6c5C4(C)C)CCC/C3=C\C=C3\N(C)c4ccc5ccccc5c4C3(C)C)c2)O1.Cc1ccc(S(=O)(=O)[O-])cc1. The molecule has 7 unspecified atom stereocenters. The molecule has 13 nitrogen and oxygen atoms in total. The van der Waals surface area contributed by atoms with Crippen molar-refractivity contribution in [3.05, 3.63) is 220 Å². The number of aliphatic hydroxyl groups excluding tert-OH is 2. The Morgan fingerprint density at radius 3 is 1.95 bits per heavy atom. The zero-order chi connectivity index (χ0) is 65.8. The van der Waals surface area contributed by atoms with Crippen LogP contribution in [0.1, 0.15) is 165 Å². The number of phenols is 1. The van der Waals surface area contributed by atoms with E-state index in [4.69, 9.17) is 23.7 Å². The number of hydrogen-bond donors (Lipinski definition) is 3. The van der Waals surface area contributed by atoms with Gasteiger partial charge in [-0.3, -0.25) is 0 Å². The lowest BCUT2D eigenvalue weighted by Gasteiger charge is -2.38. The van der Waals surface area contributed by atoms with Crippen molar-refractivity contribution < 1.29 is 56.5 Å². The fraction of sp³-hybridized carbons (Fsp3) is 0.405. The topological polar surface area (TPSA) is 170 Å². The van der Waals surface area contributed by atoms with E-state index in [0.29, 0.717) is 25.0 Å². The molecule has 3 N–H and O–H groups in total. The Bertz CT molecular complexity index is 4110. The van der Waals surface area contributed by atoms with Crippen LogP contribution >= 0.6 is 0 Å². The van der Waals surface area contributed by atoms with Crippen LogP contribution in [0, 0.1) is 6.92 Å². The van der Waals surface area contributed by atoms with Gasteiger partial charge in [-0.1, -0.05) is 123 Å². The summed E-state index contributed by atoms with van der Waals surface area (Å²) in [6.45, 7) is 15.0. The molecule has 490 valence electrons. The molecule has 0 amide bonds. The molecule has 2 saturated heterocycles. The van der Waals surface area contributed by atoms with E-state index in [1.807, 2.05) is 45.0 Å². The molecule has 5 aliphatic rings. The highest BCUT2D eigenvalue weighted by atomic mass is 32.2. The quantitative estimate of drug-likeness (QED) is 0.0518. The van der Waals surface area contributed by atoms with Crippen LogP contribution in [0.4, 0.5) is 11.4 Å². The number of phenolic OH excluding ortho intramolecular Hbond substituents is 1. The van der Waals surface area contributed by atoms with E-state index in [0.717, 1.165) is 97.8 Å². The van der Waals surface area contributed by atoms with Gasteiger partial charge in [0, 0.05) is 65.5 Å². The molecule has 93 heavy (non-hydrogen) atoms. The molecule has 4 heterocycles. The lowest BCUT2D eigenvalue weighted by atomic mass is 9.78. The first kappa shape index (κ1) is 67.2. The fourth-order valence-corrected chi connectivity index (χ4v) is 15.1. The number of likely N-dealkylation sites (N-methyl/N-ethyl adjacent to an activating group) is 1. The summed E-state index contributed by atoms with van der Waals surface area (Å²) in [5.41, 5.74) is 12.1. The largest absolute Gasteiger partial charge is 0.744 e. The third kappa shape index (κ3) is 15.3. The highest BCUT2D eigenvalue weighted by molar-refractivity contribution is 7.85. The summed E-state index contributed by atoms with van der Waals surface area (Å²) in [6.07, 6.45) is 17.0. The van der Waals surface area contributed by atoms with Crippen LogP contribution in [0.2, 0.25) is 0 Å². The summed E-state index contributed by atoms with van der Waals surface area (Å²) in [4.78, 5) is 2.19. The molecule has 0 saturated carbocycles. The third-order valence-electron chi connectivity index (χ3n) is 19.5.